The molecule has 1 spiro atoms. The van der Waals surface area contributed by atoms with Crippen LogP contribution in [0.1, 0.15) is 95.8 Å². The number of carbonyl (C=O) groups is 3. The molecule has 1 N–H and O–H groups in total. The third-order valence-corrected chi connectivity index (χ3v) is 18.3. The number of aliphatic hydroxyl groups excluding tert-OH is 1. The minimum absolute atomic E-state index is 0.0816. The third-order valence-electron chi connectivity index (χ3n) is 13.9. The molecule has 0 aromatic heterocycles. The Balaban J connectivity index is 1.32. The molecule has 0 saturated carbocycles. The molecule has 3 amide bonds. The SMILES string of the molecule is COc1ccc([Si](C)(C)[C@@H]2[C@@H](CC(=O)N3Cc4ccccc4C[C@H]3CO)O[C@]3(C(=O)N(C/C=C(\C)CCC=C(C)C)c4ccc(N5CCCCCCC5=O)cc43)[C@H]2C)cc1. The lowest BCUT2D eigenvalue weighted by molar-refractivity contribution is -0.150. The van der Waals surface area contributed by atoms with Gasteiger partial charge >= 0.3 is 0 Å². The summed E-state index contributed by atoms with van der Waals surface area (Å²) in [5.41, 5.74) is 5.58. The lowest BCUT2D eigenvalue weighted by Crippen LogP contribution is -2.52. The van der Waals surface area contributed by atoms with Crippen LogP contribution in [0.3, 0.4) is 0 Å². The molecule has 5 atom stereocenters. The van der Waals surface area contributed by atoms with Crippen LogP contribution >= 0.6 is 0 Å². The van der Waals surface area contributed by atoms with Crippen molar-refractivity contribution in [2.45, 2.75) is 128 Å². The van der Waals surface area contributed by atoms with E-state index >= 15 is 4.79 Å². The van der Waals surface area contributed by atoms with Gasteiger partial charge in [0.05, 0.1) is 46.0 Å². The zero-order valence-electron chi connectivity index (χ0n) is 36.8. The summed E-state index contributed by atoms with van der Waals surface area (Å²) in [7, 11) is -0.892. The molecule has 320 valence electrons. The van der Waals surface area contributed by atoms with E-state index in [-0.39, 0.29) is 48.3 Å². The van der Waals surface area contributed by atoms with Gasteiger partial charge in [-0.1, -0.05) is 97.7 Å². The van der Waals surface area contributed by atoms with E-state index in [0.717, 1.165) is 72.3 Å². The molecule has 0 radical (unpaired) electrons. The number of anilines is 2. The highest BCUT2D eigenvalue weighted by Gasteiger charge is 2.66. The predicted octanol–water partition coefficient (Wildman–Crippen LogP) is 8.58. The van der Waals surface area contributed by atoms with Crippen molar-refractivity contribution < 1.29 is 29.0 Å². The molecule has 2 fully saturated rings. The molecule has 60 heavy (non-hydrogen) atoms. The molecule has 4 heterocycles. The first-order valence-electron chi connectivity index (χ1n) is 22.2. The zero-order chi connectivity index (χ0) is 42.8. The highest BCUT2D eigenvalue weighted by atomic mass is 28.3. The molecule has 9 nitrogen and oxygen atoms in total. The second-order valence-corrected chi connectivity index (χ2v) is 23.1. The number of amides is 3. The van der Waals surface area contributed by atoms with Gasteiger partial charge in [-0.15, -0.1) is 0 Å². The van der Waals surface area contributed by atoms with Crippen molar-refractivity contribution in [1.29, 1.82) is 0 Å². The first-order chi connectivity index (χ1) is 28.8. The van der Waals surface area contributed by atoms with Crippen molar-refractivity contribution in [1.82, 2.24) is 4.90 Å². The number of nitrogens with zero attached hydrogens (tertiary/aromatic N) is 3. The summed E-state index contributed by atoms with van der Waals surface area (Å²) in [6.07, 6.45) is 10.8. The van der Waals surface area contributed by atoms with Gasteiger partial charge in [0.25, 0.3) is 5.91 Å². The van der Waals surface area contributed by atoms with Crippen LogP contribution < -0.4 is 19.7 Å². The average Bonchev–Trinajstić information content (AvgIpc) is 3.66. The number of carbonyl (C=O) groups excluding carboxylic acids is 3. The molecule has 3 aromatic carbocycles. The van der Waals surface area contributed by atoms with E-state index in [2.05, 4.69) is 83.3 Å². The predicted molar refractivity (Wildman–Crippen MR) is 242 cm³/mol. The minimum atomic E-state index is -2.56. The van der Waals surface area contributed by atoms with Gasteiger partial charge in [-0.25, -0.2) is 0 Å². The average molecular weight is 832 g/mol. The Morgan fingerprint density at radius 2 is 1.70 bits per heavy atom. The van der Waals surface area contributed by atoms with Crippen molar-refractivity contribution in [3.05, 3.63) is 107 Å². The molecule has 4 aliphatic heterocycles. The van der Waals surface area contributed by atoms with Crippen LogP contribution in [0.2, 0.25) is 18.6 Å². The smallest absolute Gasteiger partial charge is 0.264 e. The maximum absolute atomic E-state index is 15.6. The van der Waals surface area contributed by atoms with Crippen LogP contribution in [0.15, 0.2) is 90.0 Å². The van der Waals surface area contributed by atoms with Crippen molar-refractivity contribution in [3.63, 3.8) is 0 Å². The summed E-state index contributed by atoms with van der Waals surface area (Å²) in [5.74, 6) is 0.367. The van der Waals surface area contributed by atoms with Gasteiger partial charge in [-0.3, -0.25) is 14.4 Å². The van der Waals surface area contributed by atoms with Gasteiger partial charge in [-0.05, 0) is 99.9 Å². The lowest BCUT2D eigenvalue weighted by atomic mass is 9.82. The second-order valence-electron chi connectivity index (χ2n) is 18.4. The summed E-state index contributed by atoms with van der Waals surface area (Å²) < 4.78 is 13.0. The Morgan fingerprint density at radius 3 is 2.42 bits per heavy atom. The largest absolute Gasteiger partial charge is 0.497 e. The van der Waals surface area contributed by atoms with Crippen LogP contribution in [0.4, 0.5) is 11.4 Å². The fraction of sp³-hybridized carbons (Fsp3) is 0.500. The van der Waals surface area contributed by atoms with Gasteiger partial charge in [0.1, 0.15) is 5.75 Å². The van der Waals surface area contributed by atoms with Crippen LogP contribution in [0.5, 0.6) is 5.75 Å². The van der Waals surface area contributed by atoms with Gasteiger partial charge in [0, 0.05) is 43.2 Å². The van der Waals surface area contributed by atoms with Crippen molar-refractivity contribution in [3.8, 4) is 5.75 Å². The number of aliphatic hydroxyl groups is 1. The fourth-order valence-corrected chi connectivity index (χ4v) is 14.6. The molecule has 10 heteroatoms. The Labute approximate surface area is 358 Å². The standard InChI is InChI=1S/C50H65N3O6Si/c1-34(2)15-14-16-35(3)26-28-52-44-25-20-39(51-27-13-9-8-10-19-46(51)55)30-43(44)50(49(52)57)36(4)48(60(6,7)42-23-21-41(58-5)22-24-42)45(59-50)31-47(56)53-32-38-18-12-11-17-37(38)29-40(53)33-54/h11-12,15,17-18,20-26,30,36,40,45,48,54H,8-10,13-14,16,19,27-29,31-33H2,1-7H3/b35-26+/t36-,40-,45+,48-,50+/m0/s1. The Kier molecular flexibility index (Phi) is 13.2. The summed E-state index contributed by atoms with van der Waals surface area (Å²) >= 11 is 0. The summed E-state index contributed by atoms with van der Waals surface area (Å²) in [4.78, 5) is 49.6. The number of hydrogen-bond donors (Lipinski definition) is 1. The molecule has 0 bridgehead atoms. The van der Waals surface area contributed by atoms with E-state index < -0.39 is 19.8 Å². The monoisotopic (exact) mass is 831 g/mol. The maximum atomic E-state index is 15.6. The van der Waals surface area contributed by atoms with Gasteiger partial charge in [0.15, 0.2) is 5.60 Å². The zero-order valence-corrected chi connectivity index (χ0v) is 37.8. The van der Waals surface area contributed by atoms with Crippen LogP contribution in [0, 0.1) is 5.92 Å². The fourth-order valence-electron chi connectivity index (χ4n) is 10.6. The minimum Gasteiger partial charge on any atom is -0.497 e. The number of fused-ring (bicyclic) bond motifs is 3. The molecule has 4 aliphatic rings. The molecule has 3 aromatic rings. The molecule has 7 rings (SSSR count). The Hall–Kier alpha value is -4.51. The maximum Gasteiger partial charge on any atom is 0.264 e. The molecule has 0 aliphatic carbocycles. The third kappa shape index (κ3) is 8.39. The Bertz CT molecular complexity index is 2130. The normalized spacial score (nSPS) is 24.6. The number of hydrogen-bond acceptors (Lipinski definition) is 6. The number of allylic oxidation sites excluding steroid dienone is 3. The van der Waals surface area contributed by atoms with Crippen LogP contribution in [0.25, 0.3) is 0 Å². The van der Waals surface area contributed by atoms with Crippen molar-refractivity contribution in [2.75, 3.05) is 36.6 Å². The van der Waals surface area contributed by atoms with Crippen LogP contribution in [-0.4, -0.2) is 74.8 Å². The topological polar surface area (TPSA) is 99.6 Å². The highest BCUT2D eigenvalue weighted by molar-refractivity contribution is 6.91. The molecular weight excluding hydrogens is 767 g/mol. The van der Waals surface area contributed by atoms with Gasteiger partial charge < -0.3 is 29.3 Å². The van der Waals surface area contributed by atoms with Crippen molar-refractivity contribution >= 4 is 42.4 Å². The number of benzene rings is 3. The van der Waals surface area contributed by atoms with Crippen LogP contribution in [-0.2, 0) is 37.7 Å². The van der Waals surface area contributed by atoms with Gasteiger partial charge in [-0.2, -0.15) is 0 Å². The van der Waals surface area contributed by atoms with Crippen molar-refractivity contribution in [2.24, 2.45) is 5.92 Å². The summed E-state index contributed by atoms with van der Waals surface area (Å²) in [6.45, 7) is 14.5. The Morgan fingerprint density at radius 1 is 0.967 bits per heavy atom. The van der Waals surface area contributed by atoms with Gasteiger partial charge in [0.2, 0.25) is 11.8 Å². The summed E-state index contributed by atoms with van der Waals surface area (Å²) in [6, 6.07) is 22.1. The number of ether oxygens (including phenoxy) is 2. The number of rotatable bonds is 12. The van der Waals surface area contributed by atoms with E-state index in [1.54, 1.807) is 7.11 Å². The lowest BCUT2D eigenvalue weighted by Gasteiger charge is -2.39. The van der Waals surface area contributed by atoms with E-state index in [1.165, 1.54) is 16.3 Å². The first-order valence-corrected chi connectivity index (χ1v) is 25.2. The van der Waals surface area contributed by atoms with E-state index in [0.29, 0.717) is 32.5 Å². The first kappa shape index (κ1) is 43.6. The highest BCUT2D eigenvalue weighted by Crippen LogP contribution is 2.60. The number of methoxy groups -OCH3 is 1. The summed E-state index contributed by atoms with van der Waals surface area (Å²) in [5, 5.41) is 11.8. The molecule has 0 unspecified atom stereocenters. The molecular formula is C50H65N3O6Si. The molecule has 2 saturated heterocycles. The van der Waals surface area contributed by atoms with E-state index in [4.69, 9.17) is 9.47 Å². The quantitative estimate of drug-likeness (QED) is 0.145. The van der Waals surface area contributed by atoms with E-state index in [1.807, 2.05) is 51.1 Å². The van der Waals surface area contributed by atoms with E-state index in [9.17, 15) is 14.7 Å². The second kappa shape index (κ2) is 18.2.